The maximum atomic E-state index is 16.8. The number of ether oxygens (including phenoxy) is 3. The Morgan fingerprint density at radius 3 is 1.81 bits per heavy atom. The molecule has 1 N–H and O–H groups in total. The van der Waals surface area contributed by atoms with Gasteiger partial charge in [-0.1, -0.05) is 76.2 Å². The average molecular weight is 877 g/mol. The summed E-state index contributed by atoms with van der Waals surface area (Å²) < 4.78 is 47.5. The van der Waals surface area contributed by atoms with Crippen molar-refractivity contribution < 1.29 is 51.4 Å². The van der Waals surface area contributed by atoms with Crippen LogP contribution >= 0.6 is 0 Å². The van der Waals surface area contributed by atoms with E-state index in [0.717, 1.165) is 60.0 Å². The van der Waals surface area contributed by atoms with Crippen LogP contribution in [0, 0.1) is 16.7 Å². The third kappa shape index (κ3) is 7.69. The van der Waals surface area contributed by atoms with Gasteiger partial charge in [0.15, 0.2) is 36.3 Å². The van der Waals surface area contributed by atoms with Crippen LogP contribution in [-0.2, 0) is 37.1 Å². The zero-order valence-electron chi connectivity index (χ0n) is 38.7. The Morgan fingerprint density at radius 2 is 1.36 bits per heavy atom. The van der Waals surface area contributed by atoms with E-state index in [1.165, 1.54) is 25.5 Å². The molecule has 0 unspecified atom stereocenters. The van der Waals surface area contributed by atoms with Crippen LogP contribution in [0.15, 0.2) is 34.2 Å². The van der Waals surface area contributed by atoms with E-state index < -0.39 is 95.4 Å². The van der Waals surface area contributed by atoms with Crippen LogP contribution in [0.25, 0.3) is 0 Å². The molecule has 14 heteroatoms. The van der Waals surface area contributed by atoms with Gasteiger partial charge in [-0.2, -0.15) is 0 Å². The number of rotatable bonds is 18. The lowest BCUT2D eigenvalue weighted by Gasteiger charge is -2.68. The van der Waals surface area contributed by atoms with Crippen molar-refractivity contribution in [3.05, 3.63) is 35.3 Å². The van der Waals surface area contributed by atoms with Crippen LogP contribution in [0.3, 0.4) is 0 Å². The highest BCUT2D eigenvalue weighted by Gasteiger charge is 2.79. The monoisotopic (exact) mass is 876 g/mol. The molecule has 2 saturated carbocycles. The third-order valence-corrected chi connectivity index (χ3v) is 30.5. The first-order valence-electron chi connectivity index (χ1n) is 22.8. The highest BCUT2D eigenvalue weighted by atomic mass is 28.4. The van der Waals surface area contributed by atoms with Gasteiger partial charge >= 0.3 is 11.9 Å². The van der Waals surface area contributed by atoms with Crippen molar-refractivity contribution in [3.8, 4) is 0 Å². The molecule has 0 amide bonds. The molecule has 4 aliphatic rings. The van der Waals surface area contributed by atoms with E-state index in [1.54, 1.807) is 0 Å². The molecule has 0 spiro atoms. The number of esters is 2. The maximum absolute atomic E-state index is 16.8. The van der Waals surface area contributed by atoms with E-state index in [4.69, 9.17) is 31.9 Å². The van der Waals surface area contributed by atoms with Crippen molar-refractivity contribution in [3.63, 3.8) is 0 Å². The van der Waals surface area contributed by atoms with Crippen molar-refractivity contribution in [1.29, 1.82) is 0 Å². The second-order valence-electron chi connectivity index (χ2n) is 18.8. The molecular formula is C45H76O11Si3. The SMILES string of the molecule is CC[Si](CC)(CC)O[C@H]1C(=O)[C@]2(C)[C@@H](O[Si](CC)(CC)CC)C[C@H]3OC[C@@]3(OC(C)=O)[C@H]2[C@H](OC(=O)c2ccoc2)[C@]2(O)C[C@H](O[Si](CC)(CC)CC)C(C)=C1C2(C)C. The van der Waals surface area contributed by atoms with Crippen molar-refractivity contribution in [1.82, 2.24) is 0 Å². The van der Waals surface area contributed by atoms with Gasteiger partial charge in [-0.15, -0.1) is 0 Å². The topological polar surface area (TPSA) is 140 Å². The van der Waals surface area contributed by atoms with Crippen LogP contribution in [0.5, 0.6) is 0 Å². The van der Waals surface area contributed by atoms with Gasteiger partial charge in [-0.25, -0.2) is 4.79 Å². The minimum absolute atomic E-state index is 0.0338. The van der Waals surface area contributed by atoms with Gasteiger partial charge in [0, 0.05) is 25.2 Å². The van der Waals surface area contributed by atoms with E-state index >= 15 is 4.79 Å². The summed E-state index contributed by atoms with van der Waals surface area (Å²) in [5.41, 5.74) is -4.24. The molecule has 9 atom stereocenters. The molecule has 0 radical (unpaired) electrons. The van der Waals surface area contributed by atoms with E-state index in [-0.39, 0.29) is 30.8 Å². The molecule has 11 nitrogen and oxygen atoms in total. The zero-order valence-corrected chi connectivity index (χ0v) is 41.7. The van der Waals surface area contributed by atoms with Crippen LogP contribution in [-0.4, -0.2) is 96.1 Å². The lowest BCUT2D eigenvalue weighted by atomic mass is 9.44. The van der Waals surface area contributed by atoms with E-state index in [1.807, 2.05) is 20.8 Å². The third-order valence-electron chi connectivity index (χ3n) is 16.6. The first-order valence-corrected chi connectivity index (χ1v) is 30.4. The zero-order chi connectivity index (χ0) is 44.0. The first-order chi connectivity index (χ1) is 27.7. The lowest BCUT2D eigenvalue weighted by Crippen LogP contribution is -2.82. The molecule has 1 saturated heterocycles. The highest BCUT2D eigenvalue weighted by molar-refractivity contribution is 6.74. The Labute approximate surface area is 357 Å². The highest BCUT2D eigenvalue weighted by Crippen LogP contribution is 2.65. The fourth-order valence-corrected chi connectivity index (χ4v) is 20.2. The van der Waals surface area contributed by atoms with Gasteiger partial charge in [0.2, 0.25) is 0 Å². The summed E-state index contributed by atoms with van der Waals surface area (Å²) in [6.07, 6.45) is -1.36. The van der Waals surface area contributed by atoms with Crippen LogP contribution < -0.4 is 0 Å². The smallest absolute Gasteiger partial charge is 0.341 e. The van der Waals surface area contributed by atoms with Crippen molar-refractivity contribution >= 4 is 42.7 Å². The molecule has 1 aromatic heterocycles. The van der Waals surface area contributed by atoms with Gasteiger partial charge in [0.05, 0.1) is 42.0 Å². The molecule has 3 aliphatic carbocycles. The van der Waals surface area contributed by atoms with Crippen LogP contribution in [0.2, 0.25) is 54.4 Å². The summed E-state index contributed by atoms with van der Waals surface area (Å²) in [6, 6.07) is 9.06. The minimum atomic E-state index is -2.57. The standard InChI is InChI=1S/C45H76O11Si3/c1-15-57(16-2,17-3)54-33-27-45(49)40(52-41(48)32-24-25-50-28-32)38-43(14,39(47)37(36(30(33)10)42(45,12)13)56-59(21-7,22-8)23-9)34(55-58(18-4,19-5)20-6)26-35-44(38,29-51-35)53-31(11)46/h24-25,28,33-35,37-38,40,49H,15-23,26-27,29H2,1-14H3/t33-,34-,35+,37+,38-,40-,43+,44-,45+/m0/s1. The minimum Gasteiger partial charge on any atom is -0.472 e. The Morgan fingerprint density at radius 1 is 0.831 bits per heavy atom. The van der Waals surface area contributed by atoms with Gasteiger partial charge in [-0.05, 0) is 85.5 Å². The van der Waals surface area contributed by atoms with E-state index in [0.29, 0.717) is 5.57 Å². The number of hydrogen-bond donors (Lipinski definition) is 1. The number of fused-ring (bicyclic) bond motifs is 5. The second kappa shape index (κ2) is 17.7. The van der Waals surface area contributed by atoms with Gasteiger partial charge < -0.3 is 37.0 Å². The number of aliphatic hydroxyl groups is 1. The van der Waals surface area contributed by atoms with Crippen LogP contribution in [0.4, 0.5) is 0 Å². The number of ketones is 1. The number of carbonyl (C=O) groups is 3. The Hall–Kier alpha value is -1.92. The van der Waals surface area contributed by atoms with Gasteiger partial charge in [0.1, 0.15) is 30.2 Å². The molecule has 5 rings (SSSR count). The largest absolute Gasteiger partial charge is 0.472 e. The normalized spacial score (nSPS) is 33.3. The summed E-state index contributed by atoms with van der Waals surface area (Å²) in [6.45, 7) is 28.7. The maximum Gasteiger partial charge on any atom is 0.341 e. The van der Waals surface area contributed by atoms with Gasteiger partial charge in [0.25, 0.3) is 0 Å². The molecule has 1 aromatic rings. The molecule has 0 aromatic carbocycles. The summed E-state index contributed by atoms with van der Waals surface area (Å²) in [7, 11) is -7.37. The number of carbonyl (C=O) groups excluding carboxylic acids is 3. The Kier molecular flexibility index (Phi) is 14.4. The van der Waals surface area contributed by atoms with Gasteiger partial charge in [-0.3, -0.25) is 9.59 Å². The Balaban J connectivity index is 1.96. The molecule has 59 heavy (non-hydrogen) atoms. The predicted molar refractivity (Wildman–Crippen MR) is 236 cm³/mol. The lowest BCUT2D eigenvalue weighted by molar-refractivity contribution is -0.344. The molecule has 1 aliphatic heterocycles. The first kappa shape index (κ1) is 48.1. The molecule has 334 valence electrons. The summed E-state index contributed by atoms with van der Waals surface area (Å²) in [4.78, 5) is 44.7. The summed E-state index contributed by atoms with van der Waals surface area (Å²) in [5, 5.41) is 14.2. The number of Topliss-reactive ketones (excluding diaryl/α,β-unsaturated/α-hetero) is 1. The van der Waals surface area contributed by atoms with E-state index in [2.05, 4.69) is 69.2 Å². The molecule has 3 fully saturated rings. The summed E-state index contributed by atoms with van der Waals surface area (Å²) in [5.74, 6) is -2.55. The fraction of sp³-hybridized carbons (Fsp3) is 0.800. The molecular weight excluding hydrogens is 801 g/mol. The fourth-order valence-electron chi connectivity index (χ4n) is 11.7. The summed E-state index contributed by atoms with van der Waals surface area (Å²) >= 11 is 0. The Bertz CT molecular complexity index is 1670. The quantitative estimate of drug-likeness (QED) is 0.0857. The number of furan rings is 1. The van der Waals surface area contributed by atoms with Crippen molar-refractivity contribution in [2.75, 3.05) is 6.61 Å². The van der Waals surface area contributed by atoms with E-state index in [9.17, 15) is 14.7 Å². The second-order valence-corrected chi connectivity index (χ2v) is 33.0. The number of hydrogen-bond acceptors (Lipinski definition) is 11. The van der Waals surface area contributed by atoms with Crippen molar-refractivity contribution in [2.45, 2.75) is 206 Å². The molecule has 2 heterocycles. The predicted octanol–water partition coefficient (Wildman–Crippen LogP) is 9.76. The average Bonchev–Trinajstić information content (AvgIpc) is 3.77. The van der Waals surface area contributed by atoms with Crippen molar-refractivity contribution in [2.24, 2.45) is 16.7 Å². The molecule has 2 bridgehead atoms. The van der Waals surface area contributed by atoms with Crippen LogP contribution in [0.1, 0.15) is 120 Å².